The lowest BCUT2D eigenvalue weighted by molar-refractivity contribution is 0.372. The van der Waals surface area contributed by atoms with E-state index in [0.29, 0.717) is 32.0 Å². The molecule has 0 bridgehead atoms. The first-order chi connectivity index (χ1) is 10.0. The van der Waals surface area contributed by atoms with E-state index in [-0.39, 0.29) is 11.3 Å². The Kier molecular flexibility index (Phi) is 3.79. The van der Waals surface area contributed by atoms with Crippen LogP contribution in [0.2, 0.25) is 0 Å². The quantitative estimate of drug-likeness (QED) is 0.803. The Labute approximate surface area is 137 Å². The second-order valence-corrected chi connectivity index (χ2v) is 6.54. The molecule has 0 aliphatic heterocycles. The average Bonchev–Trinajstić information content (AvgIpc) is 3.29. The van der Waals surface area contributed by atoms with Gasteiger partial charge in [0.1, 0.15) is 10.3 Å². The number of ether oxygens (including phenoxy) is 1. The molecular formula is C14H12Br2N2O3. The molecule has 0 radical (unpaired) electrons. The molecule has 1 aliphatic carbocycles. The number of aromatic hydroxyl groups is 1. The number of nitrogens with one attached hydrogen (secondary N) is 1. The molecule has 3 rings (SSSR count). The number of aromatic nitrogens is 2. The molecule has 0 unspecified atom stereocenters. The van der Waals surface area contributed by atoms with Gasteiger partial charge in [-0.1, -0.05) is 0 Å². The normalized spacial score (nSPS) is 14.2. The molecule has 2 aromatic rings. The van der Waals surface area contributed by atoms with Crippen LogP contribution in [0, 0.1) is 0 Å². The summed E-state index contributed by atoms with van der Waals surface area (Å²) in [4.78, 5) is 19.3. The van der Waals surface area contributed by atoms with Gasteiger partial charge in [0.15, 0.2) is 11.5 Å². The Morgan fingerprint density at radius 3 is 2.71 bits per heavy atom. The monoisotopic (exact) mass is 414 g/mol. The number of nitrogens with zero attached hydrogens (tertiary/aromatic N) is 1. The van der Waals surface area contributed by atoms with Crippen molar-refractivity contribution in [2.45, 2.75) is 18.8 Å². The number of methoxy groups -OCH3 is 1. The van der Waals surface area contributed by atoms with Gasteiger partial charge >= 0.3 is 0 Å². The third-order valence-corrected chi connectivity index (χ3v) is 4.75. The van der Waals surface area contributed by atoms with Crippen molar-refractivity contribution >= 4 is 31.9 Å². The van der Waals surface area contributed by atoms with Gasteiger partial charge in [0.05, 0.1) is 17.3 Å². The van der Waals surface area contributed by atoms with Crippen molar-refractivity contribution in [2.75, 3.05) is 7.11 Å². The summed E-state index contributed by atoms with van der Waals surface area (Å²) in [6.07, 6.45) is 2.11. The fraction of sp³-hybridized carbons (Fsp3) is 0.286. The predicted molar refractivity (Wildman–Crippen MR) is 85.9 cm³/mol. The van der Waals surface area contributed by atoms with Crippen LogP contribution in [0.4, 0.5) is 0 Å². The second-order valence-electron chi connectivity index (χ2n) is 4.90. The third kappa shape index (κ3) is 2.72. The molecule has 1 saturated carbocycles. The largest absolute Gasteiger partial charge is 0.503 e. The molecule has 0 amide bonds. The van der Waals surface area contributed by atoms with E-state index in [1.54, 1.807) is 12.1 Å². The lowest BCUT2D eigenvalue weighted by atomic mass is 10.1. The molecule has 1 fully saturated rings. The number of rotatable bonds is 3. The first-order valence-electron chi connectivity index (χ1n) is 6.38. The molecule has 1 aliphatic rings. The van der Waals surface area contributed by atoms with E-state index in [2.05, 4.69) is 41.8 Å². The fourth-order valence-electron chi connectivity index (χ4n) is 2.11. The minimum atomic E-state index is -0.204. The summed E-state index contributed by atoms with van der Waals surface area (Å²) in [6, 6.07) is 3.34. The second kappa shape index (κ2) is 5.46. The Balaban J connectivity index is 2.16. The number of halogens is 2. The standard InChI is InChI=1S/C14H12Br2N2O3/c1-21-9-5-7(4-8(15)12(9)19)13-17-11(6-2-3-6)10(16)14(20)18-13/h4-6,19H,2-3H2,1H3,(H,17,18,20). The van der Waals surface area contributed by atoms with Crippen molar-refractivity contribution in [2.24, 2.45) is 0 Å². The van der Waals surface area contributed by atoms with Crippen LogP contribution in [0.3, 0.4) is 0 Å². The van der Waals surface area contributed by atoms with E-state index in [0.717, 1.165) is 18.5 Å². The van der Waals surface area contributed by atoms with Crippen LogP contribution in [0.5, 0.6) is 11.5 Å². The highest BCUT2D eigenvalue weighted by molar-refractivity contribution is 9.10. The summed E-state index contributed by atoms with van der Waals surface area (Å²) in [6.45, 7) is 0. The number of phenolic OH excluding ortho intramolecular Hbond substituents is 1. The van der Waals surface area contributed by atoms with Crippen molar-refractivity contribution in [3.8, 4) is 22.9 Å². The summed E-state index contributed by atoms with van der Waals surface area (Å²) >= 11 is 6.57. The molecule has 0 spiro atoms. The molecule has 1 heterocycles. The molecule has 0 saturated heterocycles. The van der Waals surface area contributed by atoms with Gasteiger partial charge in [-0.3, -0.25) is 4.79 Å². The van der Waals surface area contributed by atoms with E-state index >= 15 is 0 Å². The van der Waals surface area contributed by atoms with E-state index in [4.69, 9.17) is 4.74 Å². The topological polar surface area (TPSA) is 75.2 Å². The summed E-state index contributed by atoms with van der Waals surface area (Å²) < 4.78 is 6.10. The van der Waals surface area contributed by atoms with E-state index in [1.807, 2.05) is 0 Å². The zero-order valence-corrected chi connectivity index (χ0v) is 14.3. The third-order valence-electron chi connectivity index (χ3n) is 3.37. The van der Waals surface area contributed by atoms with Gasteiger partial charge in [-0.2, -0.15) is 0 Å². The highest BCUT2D eigenvalue weighted by Crippen LogP contribution is 2.42. The van der Waals surface area contributed by atoms with Crippen LogP contribution >= 0.6 is 31.9 Å². The Bertz CT molecular complexity index is 770. The minimum Gasteiger partial charge on any atom is -0.503 e. The van der Waals surface area contributed by atoms with Crippen LogP contribution in [-0.2, 0) is 0 Å². The number of H-pyrrole nitrogens is 1. The lowest BCUT2D eigenvalue weighted by Gasteiger charge is -2.10. The SMILES string of the molecule is COc1cc(-c2nc(C3CC3)c(Br)c(=O)[nH]2)cc(Br)c1O. The van der Waals surface area contributed by atoms with Crippen molar-refractivity contribution in [3.63, 3.8) is 0 Å². The first kappa shape index (κ1) is 14.6. The number of benzene rings is 1. The van der Waals surface area contributed by atoms with Crippen LogP contribution in [0.1, 0.15) is 24.5 Å². The van der Waals surface area contributed by atoms with Gasteiger partial charge in [0, 0.05) is 11.5 Å². The Morgan fingerprint density at radius 2 is 2.10 bits per heavy atom. The first-order valence-corrected chi connectivity index (χ1v) is 7.96. The Morgan fingerprint density at radius 1 is 1.38 bits per heavy atom. The highest BCUT2D eigenvalue weighted by Gasteiger charge is 2.29. The van der Waals surface area contributed by atoms with Gasteiger partial charge < -0.3 is 14.8 Å². The summed E-state index contributed by atoms with van der Waals surface area (Å²) in [5, 5.41) is 9.85. The Hall–Kier alpha value is -1.34. The van der Waals surface area contributed by atoms with Gasteiger partial charge in [0.2, 0.25) is 0 Å². The predicted octanol–water partition coefficient (Wildman–Crippen LogP) is 3.55. The molecule has 5 nitrogen and oxygen atoms in total. The van der Waals surface area contributed by atoms with Crippen molar-refractivity contribution in [1.29, 1.82) is 0 Å². The average molecular weight is 416 g/mol. The number of hydrogen-bond donors (Lipinski definition) is 2. The molecule has 110 valence electrons. The zero-order valence-electron chi connectivity index (χ0n) is 11.1. The molecule has 21 heavy (non-hydrogen) atoms. The van der Waals surface area contributed by atoms with Crippen LogP contribution in [-0.4, -0.2) is 22.2 Å². The van der Waals surface area contributed by atoms with Crippen LogP contribution in [0.15, 0.2) is 25.9 Å². The van der Waals surface area contributed by atoms with Crippen LogP contribution in [0.25, 0.3) is 11.4 Å². The smallest absolute Gasteiger partial charge is 0.265 e. The molecule has 1 aromatic carbocycles. The molecule has 1 aromatic heterocycles. The van der Waals surface area contributed by atoms with Gasteiger partial charge in [-0.25, -0.2) is 4.98 Å². The summed E-state index contributed by atoms with van der Waals surface area (Å²) in [5.74, 6) is 1.15. The van der Waals surface area contributed by atoms with Gasteiger partial charge in [-0.05, 0) is 56.8 Å². The maximum atomic E-state index is 12.0. The van der Waals surface area contributed by atoms with E-state index in [1.165, 1.54) is 7.11 Å². The van der Waals surface area contributed by atoms with E-state index in [9.17, 15) is 9.90 Å². The number of aromatic amines is 1. The fourth-order valence-corrected chi connectivity index (χ4v) is 3.06. The lowest BCUT2D eigenvalue weighted by Crippen LogP contribution is -2.13. The van der Waals surface area contributed by atoms with Gasteiger partial charge in [0.25, 0.3) is 5.56 Å². The highest BCUT2D eigenvalue weighted by atomic mass is 79.9. The minimum absolute atomic E-state index is 0.0168. The molecular weight excluding hydrogens is 404 g/mol. The van der Waals surface area contributed by atoms with Crippen molar-refractivity contribution < 1.29 is 9.84 Å². The summed E-state index contributed by atoms with van der Waals surface area (Å²) in [5.41, 5.74) is 1.25. The summed E-state index contributed by atoms with van der Waals surface area (Å²) in [7, 11) is 1.47. The van der Waals surface area contributed by atoms with Crippen molar-refractivity contribution in [3.05, 3.63) is 37.1 Å². The van der Waals surface area contributed by atoms with E-state index < -0.39 is 0 Å². The number of phenols is 1. The van der Waals surface area contributed by atoms with Crippen molar-refractivity contribution in [1.82, 2.24) is 9.97 Å². The molecule has 0 atom stereocenters. The van der Waals surface area contributed by atoms with Gasteiger partial charge in [-0.15, -0.1) is 0 Å². The molecule has 7 heteroatoms. The molecule has 2 N–H and O–H groups in total. The number of hydrogen-bond acceptors (Lipinski definition) is 4. The maximum absolute atomic E-state index is 12.0. The maximum Gasteiger partial charge on any atom is 0.265 e. The zero-order chi connectivity index (χ0) is 15.1. The van der Waals surface area contributed by atoms with Crippen LogP contribution < -0.4 is 10.3 Å².